The number of hydrogen-bond donors (Lipinski definition) is 1. The minimum Gasteiger partial charge on any atom is -0.481 e. The summed E-state index contributed by atoms with van der Waals surface area (Å²) in [5, 5.41) is 9.03. The molecule has 0 spiro atoms. The molecule has 0 amide bonds. The summed E-state index contributed by atoms with van der Waals surface area (Å²) < 4.78 is 66.4. The molecule has 1 rings (SSSR count). The van der Waals surface area contributed by atoms with E-state index in [0.717, 1.165) is 4.31 Å². The molecule has 6 nitrogen and oxygen atoms in total. The van der Waals surface area contributed by atoms with Crippen LogP contribution in [0.15, 0.2) is 0 Å². The van der Waals surface area contributed by atoms with Crippen molar-refractivity contribution in [3.05, 3.63) is 0 Å². The fraction of sp³-hybridized carbons (Fsp3) is 0.909. The van der Waals surface area contributed by atoms with E-state index in [1.807, 2.05) is 0 Å². The Bertz CT molecular complexity index is 465. The van der Waals surface area contributed by atoms with Gasteiger partial charge in [0.1, 0.15) is 0 Å². The first kappa shape index (κ1) is 18.2. The van der Waals surface area contributed by atoms with Gasteiger partial charge in [0.15, 0.2) is 0 Å². The Balaban J connectivity index is 2.75. The molecule has 0 aromatic carbocycles. The minimum absolute atomic E-state index is 0.00778. The molecule has 0 bridgehead atoms. The van der Waals surface area contributed by atoms with E-state index in [9.17, 15) is 26.4 Å². The maximum atomic E-state index is 12.1. The number of rotatable bonds is 7. The van der Waals surface area contributed by atoms with Crippen LogP contribution < -0.4 is 0 Å². The maximum Gasteiger partial charge on any atom is 0.389 e. The highest BCUT2D eigenvalue weighted by Crippen LogP contribution is 2.25. The average Bonchev–Trinajstić information content (AvgIpc) is 2.76. The standard InChI is InChI=1S/C11H18F3NO5S/c1-2-15(9-7-20-6-8(9)10(16)17)21(18,19)5-3-4-11(12,13)14/h8-9H,2-7H2,1H3,(H,16,17). The number of carboxylic acid groups (broad SMARTS) is 1. The first-order valence-electron chi connectivity index (χ1n) is 6.45. The SMILES string of the molecule is CCN(C1COCC1C(=O)O)S(=O)(=O)CCCC(F)(F)F. The summed E-state index contributed by atoms with van der Waals surface area (Å²) in [6.07, 6.45) is -6.15. The molecule has 0 radical (unpaired) electrons. The Morgan fingerprint density at radius 2 is 2.00 bits per heavy atom. The van der Waals surface area contributed by atoms with E-state index in [1.165, 1.54) is 6.92 Å². The minimum atomic E-state index is -4.41. The number of likely N-dealkylation sites (N-methyl/N-ethyl adjacent to an activating group) is 1. The molecule has 0 aromatic rings. The highest BCUT2D eigenvalue weighted by molar-refractivity contribution is 7.89. The predicted molar refractivity (Wildman–Crippen MR) is 67.2 cm³/mol. The highest BCUT2D eigenvalue weighted by Gasteiger charge is 2.42. The molecule has 2 atom stereocenters. The summed E-state index contributed by atoms with van der Waals surface area (Å²) in [6, 6.07) is -0.872. The lowest BCUT2D eigenvalue weighted by Crippen LogP contribution is -2.47. The van der Waals surface area contributed by atoms with Gasteiger partial charge in [-0.15, -0.1) is 0 Å². The van der Waals surface area contributed by atoms with E-state index in [0.29, 0.717) is 0 Å². The van der Waals surface area contributed by atoms with Gasteiger partial charge in [0.2, 0.25) is 10.0 Å². The van der Waals surface area contributed by atoms with Gasteiger partial charge >= 0.3 is 12.1 Å². The van der Waals surface area contributed by atoms with Gasteiger partial charge in [-0.25, -0.2) is 8.42 Å². The van der Waals surface area contributed by atoms with E-state index in [2.05, 4.69) is 0 Å². The zero-order chi connectivity index (χ0) is 16.3. The molecular weight excluding hydrogens is 315 g/mol. The molecular formula is C11H18F3NO5S. The summed E-state index contributed by atoms with van der Waals surface area (Å²) in [4.78, 5) is 11.1. The third-order valence-corrected chi connectivity index (χ3v) is 5.32. The zero-order valence-corrected chi connectivity index (χ0v) is 12.3. The largest absolute Gasteiger partial charge is 0.481 e. The van der Waals surface area contributed by atoms with Crippen LogP contribution in [0, 0.1) is 5.92 Å². The predicted octanol–water partition coefficient (Wildman–Crippen LogP) is 1.08. The van der Waals surface area contributed by atoms with Crippen LogP contribution in [0.3, 0.4) is 0 Å². The van der Waals surface area contributed by atoms with Crippen LogP contribution in [0.2, 0.25) is 0 Å². The molecule has 0 aliphatic carbocycles. The number of hydrogen-bond acceptors (Lipinski definition) is 4. The second-order valence-electron chi connectivity index (χ2n) is 4.79. The van der Waals surface area contributed by atoms with Crippen molar-refractivity contribution < 1.29 is 36.2 Å². The summed E-state index contributed by atoms with van der Waals surface area (Å²) in [6.45, 7) is 1.34. The van der Waals surface area contributed by atoms with Crippen molar-refractivity contribution in [3.8, 4) is 0 Å². The molecule has 0 aromatic heterocycles. The summed E-state index contributed by atoms with van der Waals surface area (Å²) >= 11 is 0. The van der Waals surface area contributed by atoms with Crippen LogP contribution in [-0.4, -0.2) is 61.5 Å². The molecule has 1 aliphatic heterocycles. The topological polar surface area (TPSA) is 83.9 Å². The smallest absolute Gasteiger partial charge is 0.389 e. The molecule has 10 heteroatoms. The van der Waals surface area contributed by atoms with E-state index >= 15 is 0 Å². The molecule has 1 N–H and O–H groups in total. The number of ether oxygens (including phenoxy) is 1. The van der Waals surface area contributed by atoms with Gasteiger partial charge in [-0.1, -0.05) is 6.92 Å². The van der Waals surface area contributed by atoms with E-state index < -0.39 is 52.7 Å². The van der Waals surface area contributed by atoms with Gasteiger partial charge in [-0.3, -0.25) is 4.79 Å². The highest BCUT2D eigenvalue weighted by atomic mass is 32.2. The second kappa shape index (κ2) is 6.93. The fourth-order valence-electron chi connectivity index (χ4n) is 2.27. The Kier molecular flexibility index (Phi) is 6.00. The quantitative estimate of drug-likeness (QED) is 0.754. The second-order valence-corrected chi connectivity index (χ2v) is 6.83. The summed E-state index contributed by atoms with van der Waals surface area (Å²) in [7, 11) is -3.95. The molecule has 1 heterocycles. The van der Waals surface area contributed by atoms with Gasteiger partial charge in [0, 0.05) is 13.0 Å². The number of aliphatic carboxylic acids is 1. The van der Waals surface area contributed by atoms with Crippen LogP contribution in [0.4, 0.5) is 13.2 Å². The normalized spacial score (nSPS) is 23.7. The molecule has 1 aliphatic rings. The molecule has 0 saturated carbocycles. The van der Waals surface area contributed by atoms with Crippen LogP contribution in [0.1, 0.15) is 19.8 Å². The van der Waals surface area contributed by atoms with E-state index in [4.69, 9.17) is 9.84 Å². The fourth-order valence-corrected chi connectivity index (χ4v) is 4.03. The summed E-state index contributed by atoms with van der Waals surface area (Å²) in [5.74, 6) is -2.84. The van der Waals surface area contributed by atoms with Crippen LogP contribution >= 0.6 is 0 Å². The van der Waals surface area contributed by atoms with Crippen molar-refractivity contribution >= 4 is 16.0 Å². The van der Waals surface area contributed by atoms with Gasteiger partial charge in [-0.05, 0) is 6.42 Å². The Morgan fingerprint density at radius 1 is 1.38 bits per heavy atom. The Morgan fingerprint density at radius 3 is 2.48 bits per heavy atom. The molecule has 2 unspecified atom stereocenters. The Hall–Kier alpha value is -0.870. The Labute approximate surface area is 120 Å². The average molecular weight is 333 g/mol. The third-order valence-electron chi connectivity index (χ3n) is 3.27. The molecule has 1 fully saturated rings. The molecule has 21 heavy (non-hydrogen) atoms. The number of halogens is 3. The van der Waals surface area contributed by atoms with Gasteiger partial charge in [-0.2, -0.15) is 17.5 Å². The van der Waals surface area contributed by atoms with E-state index in [-0.39, 0.29) is 19.8 Å². The van der Waals surface area contributed by atoms with Gasteiger partial charge in [0.25, 0.3) is 0 Å². The van der Waals surface area contributed by atoms with Crippen LogP contribution in [-0.2, 0) is 19.6 Å². The number of nitrogens with zero attached hydrogens (tertiary/aromatic N) is 1. The van der Waals surface area contributed by atoms with Crippen molar-refractivity contribution in [1.29, 1.82) is 0 Å². The number of alkyl halides is 3. The number of sulfonamides is 1. The van der Waals surface area contributed by atoms with Gasteiger partial charge in [0.05, 0.1) is 30.9 Å². The van der Waals surface area contributed by atoms with Crippen molar-refractivity contribution in [1.82, 2.24) is 4.31 Å². The first-order valence-corrected chi connectivity index (χ1v) is 8.06. The van der Waals surface area contributed by atoms with Crippen LogP contribution in [0.25, 0.3) is 0 Å². The van der Waals surface area contributed by atoms with Crippen molar-refractivity contribution in [3.63, 3.8) is 0 Å². The zero-order valence-electron chi connectivity index (χ0n) is 11.5. The molecule has 1 saturated heterocycles. The molecule has 124 valence electrons. The first-order chi connectivity index (χ1) is 9.58. The number of carbonyl (C=O) groups is 1. The third kappa shape index (κ3) is 5.11. The lowest BCUT2D eigenvalue weighted by Gasteiger charge is -2.28. The monoisotopic (exact) mass is 333 g/mol. The van der Waals surface area contributed by atoms with Gasteiger partial charge < -0.3 is 9.84 Å². The van der Waals surface area contributed by atoms with Crippen LogP contribution in [0.5, 0.6) is 0 Å². The van der Waals surface area contributed by atoms with Crippen molar-refractivity contribution in [2.75, 3.05) is 25.5 Å². The van der Waals surface area contributed by atoms with E-state index in [1.54, 1.807) is 0 Å². The number of carboxylic acids is 1. The lowest BCUT2D eigenvalue weighted by molar-refractivity contribution is -0.142. The van der Waals surface area contributed by atoms with Crippen molar-refractivity contribution in [2.45, 2.75) is 32.0 Å². The lowest BCUT2D eigenvalue weighted by atomic mass is 10.0. The summed E-state index contributed by atoms with van der Waals surface area (Å²) in [5.41, 5.74) is 0. The maximum absolute atomic E-state index is 12.1. The van der Waals surface area contributed by atoms with Crippen molar-refractivity contribution in [2.24, 2.45) is 5.92 Å².